The molecule has 5 nitrogen and oxygen atoms in total. The number of benzene rings is 3. The predicted octanol–water partition coefficient (Wildman–Crippen LogP) is 4.52. The molecule has 1 amide bonds. The van der Waals surface area contributed by atoms with E-state index in [2.05, 4.69) is 0 Å². The highest BCUT2D eigenvalue weighted by molar-refractivity contribution is 7.93. The number of anilines is 1. The standard InChI is InChI=1S/C20H15ClFNO4S/c1-27-16-10-8-15(9-11-16)23(20(24)18-4-2-3-5-19(18)22)28(25,26)17-12-6-14(21)7-13-17/h2-13H,1H3. The van der Waals surface area contributed by atoms with Crippen molar-refractivity contribution in [3.8, 4) is 5.75 Å². The smallest absolute Gasteiger partial charge is 0.275 e. The van der Waals surface area contributed by atoms with Gasteiger partial charge in [-0.2, -0.15) is 4.31 Å². The number of halogens is 2. The van der Waals surface area contributed by atoms with Crippen LogP contribution in [0.3, 0.4) is 0 Å². The highest BCUT2D eigenvalue weighted by Crippen LogP contribution is 2.29. The van der Waals surface area contributed by atoms with E-state index in [-0.39, 0.29) is 16.1 Å². The normalized spacial score (nSPS) is 11.1. The molecule has 0 unspecified atom stereocenters. The molecule has 0 heterocycles. The van der Waals surface area contributed by atoms with Crippen molar-refractivity contribution in [3.63, 3.8) is 0 Å². The fraction of sp³-hybridized carbons (Fsp3) is 0.0500. The number of carbonyl (C=O) groups is 1. The number of ether oxygens (including phenoxy) is 1. The number of hydrogen-bond donors (Lipinski definition) is 0. The minimum Gasteiger partial charge on any atom is -0.497 e. The van der Waals surface area contributed by atoms with Crippen molar-refractivity contribution in [1.82, 2.24) is 0 Å². The first-order valence-electron chi connectivity index (χ1n) is 8.08. The van der Waals surface area contributed by atoms with Gasteiger partial charge in [0.2, 0.25) is 0 Å². The molecular formula is C20H15ClFNO4S. The maximum Gasteiger partial charge on any atom is 0.275 e. The maximum absolute atomic E-state index is 14.2. The number of hydrogen-bond acceptors (Lipinski definition) is 4. The number of sulfonamides is 1. The predicted molar refractivity (Wildman–Crippen MR) is 105 cm³/mol. The lowest BCUT2D eigenvalue weighted by molar-refractivity contribution is 0.100. The maximum atomic E-state index is 14.2. The third kappa shape index (κ3) is 3.85. The molecule has 0 radical (unpaired) electrons. The Hall–Kier alpha value is -2.90. The highest BCUT2D eigenvalue weighted by atomic mass is 35.5. The van der Waals surface area contributed by atoms with E-state index < -0.39 is 21.7 Å². The summed E-state index contributed by atoms with van der Waals surface area (Å²) in [5.41, 5.74) is -0.320. The van der Waals surface area contributed by atoms with Crippen LogP contribution in [-0.4, -0.2) is 21.4 Å². The van der Waals surface area contributed by atoms with E-state index in [9.17, 15) is 17.6 Å². The van der Waals surface area contributed by atoms with Crippen LogP contribution in [0, 0.1) is 5.82 Å². The zero-order chi connectivity index (χ0) is 20.3. The molecule has 8 heteroatoms. The summed E-state index contributed by atoms with van der Waals surface area (Å²) in [6.45, 7) is 0. The molecule has 0 N–H and O–H groups in total. The van der Waals surface area contributed by atoms with Gasteiger partial charge in [-0.1, -0.05) is 23.7 Å². The number of amides is 1. The van der Waals surface area contributed by atoms with Gasteiger partial charge in [0.1, 0.15) is 11.6 Å². The highest BCUT2D eigenvalue weighted by Gasteiger charge is 2.33. The molecule has 3 aromatic rings. The van der Waals surface area contributed by atoms with Gasteiger partial charge in [-0.05, 0) is 60.7 Å². The van der Waals surface area contributed by atoms with Crippen LogP contribution in [0.2, 0.25) is 5.02 Å². The van der Waals surface area contributed by atoms with Gasteiger partial charge in [0.15, 0.2) is 0 Å². The first kappa shape index (κ1) is 19.9. The fourth-order valence-electron chi connectivity index (χ4n) is 2.54. The number of carbonyl (C=O) groups excluding carboxylic acids is 1. The third-order valence-corrected chi connectivity index (χ3v) is 5.92. The molecule has 0 aromatic heterocycles. The van der Waals surface area contributed by atoms with Crippen molar-refractivity contribution in [2.45, 2.75) is 4.90 Å². The second kappa shape index (κ2) is 8.00. The molecule has 0 aliphatic heterocycles. The Balaban J connectivity index is 2.17. The molecule has 28 heavy (non-hydrogen) atoms. The Bertz CT molecular complexity index is 1100. The average Bonchev–Trinajstić information content (AvgIpc) is 2.69. The summed E-state index contributed by atoms with van der Waals surface area (Å²) in [5, 5.41) is 0.343. The minimum atomic E-state index is -4.34. The first-order valence-corrected chi connectivity index (χ1v) is 9.90. The molecule has 0 saturated heterocycles. The Morgan fingerprint density at radius 1 is 0.964 bits per heavy atom. The SMILES string of the molecule is COc1ccc(N(C(=O)c2ccccc2F)S(=O)(=O)c2ccc(Cl)cc2)cc1. The van der Waals surface area contributed by atoms with Crippen molar-refractivity contribution < 1.29 is 22.3 Å². The van der Waals surface area contributed by atoms with Crippen LogP contribution in [0.25, 0.3) is 0 Å². The van der Waals surface area contributed by atoms with Crippen LogP contribution in [0.1, 0.15) is 10.4 Å². The molecule has 0 saturated carbocycles. The van der Waals surface area contributed by atoms with Gasteiger partial charge in [-0.25, -0.2) is 12.8 Å². The Morgan fingerprint density at radius 2 is 1.57 bits per heavy atom. The van der Waals surface area contributed by atoms with E-state index in [4.69, 9.17) is 16.3 Å². The zero-order valence-electron chi connectivity index (χ0n) is 14.7. The zero-order valence-corrected chi connectivity index (χ0v) is 16.2. The summed E-state index contributed by atoms with van der Waals surface area (Å²) >= 11 is 5.83. The molecular weight excluding hydrogens is 405 g/mol. The summed E-state index contributed by atoms with van der Waals surface area (Å²) < 4.78 is 46.3. The molecule has 0 fully saturated rings. The van der Waals surface area contributed by atoms with Gasteiger partial charge in [0.25, 0.3) is 15.9 Å². The quantitative estimate of drug-likeness (QED) is 0.609. The molecule has 144 valence electrons. The van der Waals surface area contributed by atoms with Crippen molar-refractivity contribution in [2.24, 2.45) is 0 Å². The van der Waals surface area contributed by atoms with Gasteiger partial charge < -0.3 is 4.74 Å². The lowest BCUT2D eigenvalue weighted by Crippen LogP contribution is -2.37. The van der Waals surface area contributed by atoms with Crippen LogP contribution in [-0.2, 0) is 10.0 Å². The van der Waals surface area contributed by atoms with Gasteiger partial charge in [0.05, 0.1) is 23.3 Å². The molecule has 0 bridgehead atoms. The van der Waals surface area contributed by atoms with Crippen LogP contribution < -0.4 is 9.04 Å². The Labute approximate surface area is 167 Å². The fourth-order valence-corrected chi connectivity index (χ4v) is 4.07. The summed E-state index contributed by atoms with van der Waals surface area (Å²) in [6.07, 6.45) is 0. The molecule has 0 aliphatic rings. The van der Waals surface area contributed by atoms with Crippen LogP contribution >= 0.6 is 11.6 Å². The van der Waals surface area contributed by atoms with Gasteiger partial charge in [-0.15, -0.1) is 0 Å². The molecule has 0 atom stereocenters. The topological polar surface area (TPSA) is 63.7 Å². The van der Waals surface area contributed by atoms with Crippen molar-refractivity contribution in [3.05, 3.63) is 89.2 Å². The molecule has 0 spiro atoms. The minimum absolute atomic E-state index is 0.0454. The molecule has 3 aromatic carbocycles. The summed E-state index contributed by atoms with van der Waals surface area (Å²) in [5.74, 6) is -1.36. The molecule has 0 aliphatic carbocycles. The third-order valence-electron chi connectivity index (χ3n) is 3.95. The van der Waals surface area contributed by atoms with E-state index in [1.165, 1.54) is 73.8 Å². The van der Waals surface area contributed by atoms with E-state index in [0.29, 0.717) is 15.1 Å². The number of methoxy groups -OCH3 is 1. The van der Waals surface area contributed by atoms with Crippen molar-refractivity contribution in [2.75, 3.05) is 11.4 Å². The van der Waals surface area contributed by atoms with E-state index in [1.807, 2.05) is 0 Å². The van der Waals surface area contributed by atoms with E-state index >= 15 is 0 Å². The van der Waals surface area contributed by atoms with Gasteiger partial charge in [0, 0.05) is 5.02 Å². The monoisotopic (exact) mass is 419 g/mol. The Kier molecular flexibility index (Phi) is 5.67. The first-order chi connectivity index (χ1) is 13.3. The second-order valence-corrected chi connectivity index (χ2v) is 7.93. The van der Waals surface area contributed by atoms with Gasteiger partial charge >= 0.3 is 0 Å². The van der Waals surface area contributed by atoms with Crippen molar-refractivity contribution in [1.29, 1.82) is 0 Å². The number of rotatable bonds is 5. The average molecular weight is 420 g/mol. The van der Waals surface area contributed by atoms with Crippen LogP contribution in [0.15, 0.2) is 77.7 Å². The summed E-state index contributed by atoms with van der Waals surface area (Å²) in [6, 6.07) is 16.4. The van der Waals surface area contributed by atoms with E-state index in [0.717, 1.165) is 6.07 Å². The second-order valence-electron chi connectivity index (χ2n) is 5.71. The summed E-state index contributed by atoms with van der Waals surface area (Å²) in [7, 11) is -2.88. The lowest BCUT2D eigenvalue weighted by atomic mass is 10.2. The number of nitrogens with zero attached hydrogens (tertiary/aromatic N) is 1. The summed E-state index contributed by atoms with van der Waals surface area (Å²) in [4.78, 5) is 12.9. The largest absolute Gasteiger partial charge is 0.497 e. The lowest BCUT2D eigenvalue weighted by Gasteiger charge is -2.23. The molecule has 3 rings (SSSR count). The van der Waals surface area contributed by atoms with E-state index in [1.54, 1.807) is 0 Å². The van der Waals surface area contributed by atoms with Gasteiger partial charge in [-0.3, -0.25) is 4.79 Å². The van der Waals surface area contributed by atoms with Crippen LogP contribution in [0.4, 0.5) is 10.1 Å². The Morgan fingerprint density at radius 3 is 2.14 bits per heavy atom. The van der Waals surface area contributed by atoms with Crippen LogP contribution in [0.5, 0.6) is 5.75 Å². The van der Waals surface area contributed by atoms with Crippen molar-refractivity contribution >= 4 is 33.2 Å².